The van der Waals surface area contributed by atoms with Crippen LogP contribution in [0.4, 0.5) is 0 Å². The quantitative estimate of drug-likeness (QED) is 0.715. The van der Waals surface area contributed by atoms with Crippen LogP contribution in [0.25, 0.3) is 10.9 Å². The standard InChI is InChI=1S/C18H17N3O2S/c1-23-12-4-5-13-14(9-20-15(13)7-12)17(22)16-10-24-18(21-16)11-3-2-6-19-8-11/h2-9,16,18,20-21H,10H2,1H3/t16-,18?/m0/s1. The number of thioether (sulfide) groups is 1. The molecule has 0 radical (unpaired) electrons. The third-order valence-corrected chi connectivity index (χ3v) is 5.51. The Morgan fingerprint density at radius 3 is 3.08 bits per heavy atom. The average Bonchev–Trinajstić information content (AvgIpc) is 3.28. The van der Waals surface area contributed by atoms with E-state index in [0.717, 1.165) is 33.5 Å². The summed E-state index contributed by atoms with van der Waals surface area (Å²) in [5, 5.41) is 4.45. The van der Waals surface area contributed by atoms with Gasteiger partial charge >= 0.3 is 0 Å². The van der Waals surface area contributed by atoms with Crippen LogP contribution in [-0.4, -0.2) is 34.7 Å². The fourth-order valence-electron chi connectivity index (χ4n) is 2.97. The highest BCUT2D eigenvalue weighted by molar-refractivity contribution is 7.99. The molecule has 122 valence electrons. The molecule has 2 aromatic heterocycles. The van der Waals surface area contributed by atoms with E-state index in [-0.39, 0.29) is 17.2 Å². The fourth-order valence-corrected chi connectivity index (χ4v) is 4.20. The lowest BCUT2D eigenvalue weighted by molar-refractivity contribution is 0.0957. The van der Waals surface area contributed by atoms with E-state index in [1.165, 1.54) is 0 Å². The summed E-state index contributed by atoms with van der Waals surface area (Å²) in [6.45, 7) is 0. The molecule has 4 rings (SSSR count). The smallest absolute Gasteiger partial charge is 0.182 e. The van der Waals surface area contributed by atoms with Crippen molar-refractivity contribution in [2.24, 2.45) is 0 Å². The average molecular weight is 339 g/mol. The van der Waals surface area contributed by atoms with Crippen molar-refractivity contribution in [3.05, 3.63) is 60.0 Å². The van der Waals surface area contributed by atoms with Crippen LogP contribution in [0.15, 0.2) is 48.9 Å². The first-order chi connectivity index (χ1) is 11.8. The highest BCUT2D eigenvalue weighted by Gasteiger charge is 2.32. The lowest BCUT2D eigenvalue weighted by atomic mass is 10.0. The van der Waals surface area contributed by atoms with Crippen LogP contribution < -0.4 is 10.1 Å². The van der Waals surface area contributed by atoms with Crippen molar-refractivity contribution in [3.8, 4) is 5.75 Å². The number of aromatic amines is 1. The molecule has 2 atom stereocenters. The predicted octanol–water partition coefficient (Wildman–Crippen LogP) is 3.16. The van der Waals surface area contributed by atoms with E-state index in [0.29, 0.717) is 0 Å². The van der Waals surface area contributed by atoms with Gasteiger partial charge in [-0.15, -0.1) is 11.8 Å². The molecule has 0 bridgehead atoms. The highest BCUT2D eigenvalue weighted by Crippen LogP contribution is 2.34. The number of hydrogen-bond donors (Lipinski definition) is 2. The molecule has 1 aromatic carbocycles. The number of Topliss-reactive ketones (excluding diaryl/α,β-unsaturated/α-hetero) is 1. The van der Waals surface area contributed by atoms with Gasteiger partial charge in [-0.05, 0) is 23.8 Å². The summed E-state index contributed by atoms with van der Waals surface area (Å²) >= 11 is 1.74. The maximum absolute atomic E-state index is 12.9. The van der Waals surface area contributed by atoms with Gasteiger partial charge in [0.1, 0.15) is 5.75 Å². The fraction of sp³-hybridized carbons (Fsp3) is 0.222. The molecule has 1 aliphatic heterocycles. The van der Waals surface area contributed by atoms with Gasteiger partial charge in [0, 0.05) is 46.9 Å². The number of pyridine rings is 1. The van der Waals surface area contributed by atoms with Crippen LogP contribution in [0, 0.1) is 0 Å². The van der Waals surface area contributed by atoms with Gasteiger partial charge in [0.05, 0.1) is 18.5 Å². The topological polar surface area (TPSA) is 67.0 Å². The van der Waals surface area contributed by atoms with E-state index >= 15 is 0 Å². The molecule has 6 heteroatoms. The Hall–Kier alpha value is -2.31. The molecule has 3 heterocycles. The van der Waals surface area contributed by atoms with E-state index < -0.39 is 0 Å². The second kappa shape index (κ2) is 6.30. The second-order valence-corrected chi connectivity index (χ2v) is 6.84. The molecular formula is C18H17N3O2S. The molecule has 0 saturated carbocycles. The first kappa shape index (κ1) is 15.2. The summed E-state index contributed by atoms with van der Waals surface area (Å²) in [4.78, 5) is 20.2. The zero-order valence-corrected chi connectivity index (χ0v) is 14.0. The van der Waals surface area contributed by atoms with Gasteiger partial charge in [-0.3, -0.25) is 15.1 Å². The first-order valence-corrected chi connectivity index (χ1v) is 8.78. The number of ether oxygens (including phenoxy) is 1. The number of carbonyl (C=O) groups excluding carboxylic acids is 1. The number of nitrogens with one attached hydrogen (secondary N) is 2. The van der Waals surface area contributed by atoms with E-state index in [1.54, 1.807) is 31.3 Å². The molecule has 0 aliphatic carbocycles. The Kier molecular flexibility index (Phi) is 4.00. The van der Waals surface area contributed by atoms with Gasteiger partial charge in [0.15, 0.2) is 5.78 Å². The van der Waals surface area contributed by atoms with Gasteiger partial charge in [0.25, 0.3) is 0 Å². The normalized spacial score (nSPS) is 20.4. The lowest BCUT2D eigenvalue weighted by Crippen LogP contribution is -2.34. The zero-order chi connectivity index (χ0) is 16.5. The molecule has 1 saturated heterocycles. The van der Waals surface area contributed by atoms with Crippen molar-refractivity contribution in [2.45, 2.75) is 11.4 Å². The number of ketones is 1. The predicted molar refractivity (Wildman–Crippen MR) is 95.5 cm³/mol. The molecule has 1 unspecified atom stereocenters. The summed E-state index contributed by atoms with van der Waals surface area (Å²) in [5.74, 6) is 1.64. The first-order valence-electron chi connectivity index (χ1n) is 7.73. The molecule has 2 N–H and O–H groups in total. The van der Waals surface area contributed by atoms with Crippen molar-refractivity contribution in [1.29, 1.82) is 0 Å². The van der Waals surface area contributed by atoms with Crippen molar-refractivity contribution in [3.63, 3.8) is 0 Å². The minimum Gasteiger partial charge on any atom is -0.497 e. The number of nitrogens with zero attached hydrogens (tertiary/aromatic N) is 1. The molecule has 0 spiro atoms. The van der Waals surface area contributed by atoms with Crippen LogP contribution in [0.5, 0.6) is 5.75 Å². The third kappa shape index (κ3) is 2.68. The van der Waals surface area contributed by atoms with Crippen LogP contribution in [0.1, 0.15) is 21.3 Å². The molecule has 24 heavy (non-hydrogen) atoms. The monoisotopic (exact) mass is 339 g/mol. The summed E-state index contributed by atoms with van der Waals surface area (Å²) in [7, 11) is 1.63. The summed E-state index contributed by atoms with van der Waals surface area (Å²) in [5.41, 5.74) is 2.73. The van der Waals surface area contributed by atoms with E-state index in [1.807, 2.05) is 36.5 Å². The van der Waals surface area contributed by atoms with Crippen molar-refractivity contribution in [2.75, 3.05) is 12.9 Å². The number of H-pyrrole nitrogens is 1. The lowest BCUT2D eigenvalue weighted by Gasteiger charge is -2.12. The van der Waals surface area contributed by atoms with Crippen LogP contribution in [0.3, 0.4) is 0 Å². The number of fused-ring (bicyclic) bond motifs is 1. The molecular weight excluding hydrogens is 322 g/mol. The molecule has 3 aromatic rings. The maximum atomic E-state index is 12.9. The van der Waals surface area contributed by atoms with Crippen LogP contribution in [0.2, 0.25) is 0 Å². The molecule has 5 nitrogen and oxygen atoms in total. The maximum Gasteiger partial charge on any atom is 0.182 e. The van der Waals surface area contributed by atoms with Gasteiger partial charge in [-0.1, -0.05) is 6.07 Å². The molecule has 0 amide bonds. The van der Waals surface area contributed by atoms with Crippen molar-refractivity contribution in [1.82, 2.24) is 15.3 Å². The Labute approximate surface area is 143 Å². The minimum atomic E-state index is -0.193. The highest BCUT2D eigenvalue weighted by atomic mass is 32.2. The second-order valence-electron chi connectivity index (χ2n) is 5.70. The number of methoxy groups -OCH3 is 1. The number of hydrogen-bond acceptors (Lipinski definition) is 5. The summed E-state index contributed by atoms with van der Waals surface area (Å²) < 4.78 is 5.23. The minimum absolute atomic E-state index is 0.109. The Balaban J connectivity index is 1.56. The van der Waals surface area contributed by atoms with Crippen LogP contribution >= 0.6 is 11.8 Å². The Morgan fingerprint density at radius 2 is 2.29 bits per heavy atom. The van der Waals surface area contributed by atoms with Crippen LogP contribution in [-0.2, 0) is 0 Å². The SMILES string of the molecule is COc1ccc2c(C(=O)[C@@H]3CSC(c4cccnc4)N3)c[nH]c2c1. The Morgan fingerprint density at radius 1 is 1.38 bits per heavy atom. The number of rotatable bonds is 4. The van der Waals surface area contributed by atoms with Gasteiger partial charge < -0.3 is 9.72 Å². The number of benzene rings is 1. The summed E-state index contributed by atoms with van der Waals surface area (Å²) in [6.07, 6.45) is 5.39. The largest absolute Gasteiger partial charge is 0.497 e. The van der Waals surface area contributed by atoms with E-state index in [9.17, 15) is 4.79 Å². The molecule has 1 fully saturated rings. The van der Waals surface area contributed by atoms with Crippen molar-refractivity contribution < 1.29 is 9.53 Å². The van der Waals surface area contributed by atoms with Gasteiger partial charge in [-0.2, -0.15) is 0 Å². The molecule has 1 aliphatic rings. The van der Waals surface area contributed by atoms with Gasteiger partial charge in [-0.25, -0.2) is 0 Å². The van der Waals surface area contributed by atoms with E-state index in [2.05, 4.69) is 15.3 Å². The van der Waals surface area contributed by atoms with Gasteiger partial charge in [0.2, 0.25) is 0 Å². The van der Waals surface area contributed by atoms with E-state index in [4.69, 9.17) is 4.74 Å². The third-order valence-electron chi connectivity index (χ3n) is 4.24. The van der Waals surface area contributed by atoms with Crippen molar-refractivity contribution >= 4 is 28.4 Å². The summed E-state index contributed by atoms with van der Waals surface area (Å²) in [6, 6.07) is 9.46. The number of carbonyl (C=O) groups is 1. The zero-order valence-electron chi connectivity index (χ0n) is 13.2. The number of aromatic nitrogens is 2. The Bertz CT molecular complexity index is 878.